The van der Waals surface area contributed by atoms with Gasteiger partial charge in [-0.25, -0.2) is 0 Å². The summed E-state index contributed by atoms with van der Waals surface area (Å²) >= 11 is 0. The fraction of sp³-hybridized carbons (Fsp3) is 0.750. The van der Waals surface area contributed by atoms with E-state index < -0.39 is 33.3 Å². The molecule has 0 spiro atoms. The predicted octanol–water partition coefficient (Wildman–Crippen LogP) is -1.65. The first-order valence-electron chi connectivity index (χ1n) is 3.00. The van der Waals surface area contributed by atoms with Crippen molar-refractivity contribution in [3.05, 3.63) is 0 Å². The maximum absolute atomic E-state index is 12.2. The van der Waals surface area contributed by atoms with E-state index in [4.69, 9.17) is 4.55 Å². The molecule has 0 unspecified atom stereocenters. The second kappa shape index (κ2) is 6.87. The molecule has 0 aromatic carbocycles. The smallest absolute Gasteiger partial charge is 1.00 e. The Morgan fingerprint density at radius 1 is 1.00 bits per heavy atom. The first-order valence-corrected chi connectivity index (χ1v) is 4.44. The Hall–Kier alpha value is 1.35. The molecule has 0 aromatic heterocycles. The van der Waals surface area contributed by atoms with E-state index in [2.05, 4.69) is 0 Å². The van der Waals surface area contributed by atoms with Gasteiger partial charge in [0.2, 0.25) is 0 Å². The fourth-order valence-corrected chi connectivity index (χ4v) is 0.920. The van der Waals surface area contributed by atoms with E-state index in [1.54, 1.807) is 0 Å². The average Bonchev–Trinajstić information content (AvgIpc) is 1.98. The average molecular weight is 384 g/mol. The van der Waals surface area contributed by atoms with Crippen molar-refractivity contribution < 1.29 is 121 Å². The summed E-state index contributed by atoms with van der Waals surface area (Å²) in [5, 5.41) is -3.93. The number of hydrogen-bond donors (Lipinski definition) is 1. The van der Waals surface area contributed by atoms with Crippen LogP contribution in [0, 0.1) is 0 Å². The van der Waals surface area contributed by atoms with Gasteiger partial charge in [0.05, 0.1) is 0 Å². The van der Waals surface area contributed by atoms with Crippen molar-refractivity contribution in [3.8, 4) is 0 Å². The molecule has 0 fully saturated rings. The van der Waals surface area contributed by atoms with Gasteiger partial charge in [-0.3, -0.25) is 9.35 Å². The standard InChI is InChI=1S/C4HF7O4S.K.Zn.H/c5-2(6,1(12)16(13,14)15)3(7,8)4(9,10)11;;;/h(H,13,14,15);;;/q;+1;;-1. The number of carbonyl (C=O) groups is 1. The number of carbonyl (C=O) groups excluding carboxylic acids is 1. The third-order valence-electron chi connectivity index (χ3n) is 1.24. The molecule has 0 saturated heterocycles. The second-order valence-corrected chi connectivity index (χ2v) is 3.73. The van der Waals surface area contributed by atoms with E-state index in [0.717, 1.165) is 0 Å². The molecule has 0 aliphatic rings. The van der Waals surface area contributed by atoms with Crippen molar-refractivity contribution >= 4 is 15.2 Å². The first-order chi connectivity index (χ1) is 6.65. The molecule has 0 aliphatic carbocycles. The minimum Gasteiger partial charge on any atom is -1.00 e. The van der Waals surface area contributed by atoms with Gasteiger partial charge in [0.25, 0.3) is 0 Å². The van der Waals surface area contributed by atoms with Crippen LogP contribution in [0.1, 0.15) is 1.43 Å². The summed E-state index contributed by atoms with van der Waals surface area (Å²) in [4.78, 5) is 10.0. The van der Waals surface area contributed by atoms with Crippen molar-refractivity contribution in [2.24, 2.45) is 0 Å². The van der Waals surface area contributed by atoms with Crippen LogP contribution in [-0.4, -0.2) is 36.1 Å². The van der Waals surface area contributed by atoms with Crippen LogP contribution in [-0.2, 0) is 34.4 Å². The van der Waals surface area contributed by atoms with Crippen LogP contribution in [0.25, 0.3) is 0 Å². The molecule has 14 heteroatoms. The van der Waals surface area contributed by atoms with Gasteiger partial charge in [0.1, 0.15) is 0 Å². The summed E-state index contributed by atoms with van der Waals surface area (Å²) in [5.41, 5.74) is 0. The molecule has 0 amide bonds. The summed E-state index contributed by atoms with van der Waals surface area (Å²) in [6.45, 7) is 0. The third kappa shape index (κ3) is 4.72. The molecular weight excluding hydrogens is 382 g/mol. The molecule has 18 heavy (non-hydrogen) atoms. The molecule has 0 atom stereocenters. The molecule has 0 radical (unpaired) electrons. The molecule has 1 N–H and O–H groups in total. The van der Waals surface area contributed by atoms with E-state index in [9.17, 15) is 43.9 Å². The van der Waals surface area contributed by atoms with Gasteiger partial charge in [-0.05, 0) is 0 Å². The van der Waals surface area contributed by atoms with Gasteiger partial charge >= 0.3 is 84.6 Å². The monoisotopic (exact) mass is 382 g/mol. The van der Waals surface area contributed by atoms with Crippen molar-refractivity contribution in [2.45, 2.75) is 18.0 Å². The molecule has 0 aliphatic heterocycles. The van der Waals surface area contributed by atoms with E-state index in [1.807, 2.05) is 0 Å². The van der Waals surface area contributed by atoms with Gasteiger partial charge in [-0.15, -0.1) is 0 Å². The van der Waals surface area contributed by atoms with Gasteiger partial charge in [-0.1, -0.05) is 0 Å². The Kier molecular flexibility index (Phi) is 9.31. The summed E-state index contributed by atoms with van der Waals surface area (Å²) in [7, 11) is -6.37. The Balaban J connectivity index is -0.000000375. The molecule has 0 bridgehead atoms. The Morgan fingerprint density at radius 2 is 1.28 bits per heavy atom. The van der Waals surface area contributed by atoms with Crippen LogP contribution in [0.4, 0.5) is 30.7 Å². The molecular formula is C4H2F7KO4SZn. The van der Waals surface area contributed by atoms with Crippen LogP contribution >= 0.6 is 0 Å². The third-order valence-corrected chi connectivity index (χ3v) is 1.97. The molecule has 0 saturated carbocycles. The van der Waals surface area contributed by atoms with Crippen LogP contribution in [0.3, 0.4) is 0 Å². The zero-order valence-corrected chi connectivity index (χ0v) is 15.3. The summed E-state index contributed by atoms with van der Waals surface area (Å²) in [5.74, 6) is -13.5. The van der Waals surface area contributed by atoms with Gasteiger partial charge in [0, 0.05) is 19.5 Å². The minimum absolute atomic E-state index is 0. The minimum atomic E-state index is -6.91. The quantitative estimate of drug-likeness (QED) is 0.352. The summed E-state index contributed by atoms with van der Waals surface area (Å²) in [6.07, 6.45) is -6.85. The maximum Gasteiger partial charge on any atom is 1.00 e. The van der Waals surface area contributed by atoms with Crippen molar-refractivity contribution in [1.29, 1.82) is 0 Å². The maximum atomic E-state index is 12.2. The Morgan fingerprint density at radius 3 is 1.44 bits per heavy atom. The molecule has 0 aromatic rings. The van der Waals surface area contributed by atoms with E-state index in [-0.39, 0.29) is 72.3 Å². The van der Waals surface area contributed by atoms with E-state index >= 15 is 0 Å². The SMILES string of the molecule is O=C(C(F)(F)C(F)(F)C(F)(F)F)S(=O)(=O)O.[H-].[K+].[Zn]. The fourth-order valence-electron chi connectivity index (χ4n) is 0.468. The number of rotatable bonds is 2. The molecule has 0 heterocycles. The Bertz CT molecular complexity index is 410. The van der Waals surface area contributed by atoms with Crippen LogP contribution in [0.15, 0.2) is 0 Å². The van der Waals surface area contributed by atoms with Gasteiger partial charge < -0.3 is 1.43 Å². The normalized spacial score (nSPS) is 13.3. The van der Waals surface area contributed by atoms with Crippen LogP contribution < -0.4 is 51.4 Å². The van der Waals surface area contributed by atoms with E-state index in [1.165, 1.54) is 0 Å². The number of hydrogen-bond acceptors (Lipinski definition) is 3. The first kappa shape index (κ1) is 24.4. The second-order valence-electron chi connectivity index (χ2n) is 2.41. The topological polar surface area (TPSA) is 71.4 Å². The summed E-state index contributed by atoms with van der Waals surface area (Å²) < 4.78 is 110. The van der Waals surface area contributed by atoms with Crippen LogP contribution in [0.5, 0.6) is 0 Å². The van der Waals surface area contributed by atoms with Crippen molar-refractivity contribution in [1.82, 2.24) is 0 Å². The summed E-state index contributed by atoms with van der Waals surface area (Å²) in [6, 6.07) is 0. The molecule has 100 valence electrons. The Labute approximate surface area is 152 Å². The predicted molar refractivity (Wildman–Crippen MR) is 33.6 cm³/mol. The molecule has 0 rings (SSSR count). The van der Waals surface area contributed by atoms with Crippen molar-refractivity contribution in [3.63, 3.8) is 0 Å². The van der Waals surface area contributed by atoms with Gasteiger partial charge in [-0.2, -0.15) is 39.2 Å². The van der Waals surface area contributed by atoms with E-state index in [0.29, 0.717) is 0 Å². The number of halogens is 7. The van der Waals surface area contributed by atoms with Gasteiger partial charge in [0.15, 0.2) is 0 Å². The number of alkyl halides is 7. The van der Waals surface area contributed by atoms with Crippen LogP contribution in [0.2, 0.25) is 0 Å². The zero-order valence-electron chi connectivity index (χ0n) is 9.43. The molecule has 4 nitrogen and oxygen atoms in total. The largest absolute Gasteiger partial charge is 1.00 e. The van der Waals surface area contributed by atoms with Crippen molar-refractivity contribution in [2.75, 3.05) is 0 Å². The zero-order chi connectivity index (χ0) is 13.6.